The van der Waals surface area contributed by atoms with Crippen LogP contribution >= 0.6 is 0 Å². The van der Waals surface area contributed by atoms with Gasteiger partial charge in [-0.1, -0.05) is 64.0 Å². The Morgan fingerprint density at radius 2 is 1.40 bits per heavy atom. The van der Waals surface area contributed by atoms with Crippen LogP contribution in [0.1, 0.15) is 101 Å². The van der Waals surface area contributed by atoms with Gasteiger partial charge in [0.1, 0.15) is 0 Å². The Kier molecular flexibility index (Phi) is 6.97. The minimum atomic E-state index is 0.730. The van der Waals surface area contributed by atoms with Crippen LogP contribution in [0.5, 0.6) is 0 Å². The van der Waals surface area contributed by atoms with Gasteiger partial charge in [-0.05, 0) is 73.5 Å². The highest BCUT2D eigenvalue weighted by molar-refractivity contribution is 5.33. The average molecular weight is 338 g/mol. The van der Waals surface area contributed by atoms with E-state index < -0.39 is 0 Å². The van der Waals surface area contributed by atoms with E-state index in [9.17, 15) is 0 Å². The minimum Gasteiger partial charge on any atom is -0.192 e. The minimum absolute atomic E-state index is 0.730. The molecule has 0 amide bonds. The first-order valence-electron chi connectivity index (χ1n) is 10.8. The van der Waals surface area contributed by atoms with E-state index in [4.69, 9.17) is 5.26 Å². The first-order chi connectivity index (χ1) is 12.3. The van der Waals surface area contributed by atoms with Gasteiger partial charge >= 0.3 is 0 Å². The van der Waals surface area contributed by atoms with Crippen molar-refractivity contribution in [2.24, 2.45) is 17.8 Å². The van der Waals surface area contributed by atoms with E-state index in [2.05, 4.69) is 25.1 Å². The van der Waals surface area contributed by atoms with E-state index >= 15 is 0 Å². The maximum atomic E-state index is 8.94. The van der Waals surface area contributed by atoms with Gasteiger partial charge in [-0.2, -0.15) is 5.26 Å². The number of rotatable bonds is 6. The number of hydrogen-bond donors (Lipinski definition) is 0. The van der Waals surface area contributed by atoms with Crippen LogP contribution in [0.3, 0.4) is 0 Å². The zero-order valence-electron chi connectivity index (χ0n) is 16.1. The highest BCUT2D eigenvalue weighted by atomic mass is 14.3. The van der Waals surface area contributed by atoms with Crippen molar-refractivity contribution in [3.05, 3.63) is 35.4 Å². The summed E-state index contributed by atoms with van der Waals surface area (Å²) in [7, 11) is 0. The number of nitriles is 1. The molecular weight excluding hydrogens is 302 g/mol. The summed E-state index contributed by atoms with van der Waals surface area (Å²) in [4.78, 5) is 0. The standard InChI is InChI=1S/C24H35N/c1-2-3-4-19-5-7-20(8-6-19)17-21-9-13-23(14-10-21)24-15-11-22(18-25)12-16-24/h11-12,15-16,19-21,23H,2-10,13-14,17H2,1H3. The summed E-state index contributed by atoms with van der Waals surface area (Å²) < 4.78 is 0. The van der Waals surface area contributed by atoms with Gasteiger partial charge < -0.3 is 0 Å². The van der Waals surface area contributed by atoms with Crippen LogP contribution in [-0.4, -0.2) is 0 Å². The second-order valence-electron chi connectivity index (χ2n) is 8.72. The largest absolute Gasteiger partial charge is 0.192 e. The summed E-state index contributed by atoms with van der Waals surface area (Å²) in [5.74, 6) is 3.78. The predicted octanol–water partition coefficient (Wildman–Crippen LogP) is 7.22. The van der Waals surface area contributed by atoms with Gasteiger partial charge in [0.25, 0.3) is 0 Å². The molecule has 0 aromatic heterocycles. The molecule has 25 heavy (non-hydrogen) atoms. The van der Waals surface area contributed by atoms with E-state index in [1.54, 1.807) is 0 Å². The zero-order valence-corrected chi connectivity index (χ0v) is 16.1. The average Bonchev–Trinajstić information content (AvgIpc) is 2.68. The summed E-state index contributed by atoms with van der Waals surface area (Å²) in [6, 6.07) is 10.6. The van der Waals surface area contributed by atoms with Crippen LogP contribution in [0.15, 0.2) is 24.3 Å². The number of unbranched alkanes of at least 4 members (excludes halogenated alkanes) is 1. The van der Waals surface area contributed by atoms with Gasteiger partial charge in [0, 0.05) is 0 Å². The molecule has 2 fully saturated rings. The fourth-order valence-corrected chi connectivity index (χ4v) is 5.28. The molecule has 0 heterocycles. The van der Waals surface area contributed by atoms with Gasteiger partial charge in [-0.3, -0.25) is 0 Å². The highest BCUT2D eigenvalue weighted by Gasteiger charge is 2.27. The molecule has 1 nitrogen and oxygen atoms in total. The van der Waals surface area contributed by atoms with E-state index in [0.29, 0.717) is 0 Å². The second kappa shape index (κ2) is 9.42. The fraction of sp³-hybridized carbons (Fsp3) is 0.708. The lowest BCUT2D eigenvalue weighted by atomic mass is 9.71. The van der Waals surface area contributed by atoms with Crippen molar-refractivity contribution in [1.29, 1.82) is 5.26 Å². The molecule has 1 aromatic rings. The van der Waals surface area contributed by atoms with E-state index in [-0.39, 0.29) is 0 Å². The molecule has 136 valence electrons. The van der Waals surface area contributed by atoms with Gasteiger partial charge in [0.15, 0.2) is 0 Å². The Hall–Kier alpha value is -1.29. The highest BCUT2D eigenvalue weighted by Crippen LogP contribution is 2.41. The molecule has 0 spiro atoms. The zero-order chi connectivity index (χ0) is 17.5. The molecule has 0 atom stereocenters. The molecule has 2 aliphatic rings. The molecule has 1 aromatic carbocycles. The Labute approximate surface area is 154 Å². The molecule has 0 unspecified atom stereocenters. The molecule has 0 N–H and O–H groups in total. The summed E-state index contributed by atoms with van der Waals surface area (Å²) >= 11 is 0. The maximum absolute atomic E-state index is 8.94. The molecule has 0 aliphatic heterocycles. The molecule has 2 aliphatic carbocycles. The second-order valence-corrected chi connectivity index (χ2v) is 8.72. The molecule has 1 heteroatoms. The van der Waals surface area contributed by atoms with Crippen LogP contribution in [0.25, 0.3) is 0 Å². The molecule has 0 saturated heterocycles. The number of nitrogens with zero attached hydrogens (tertiary/aromatic N) is 1. The van der Waals surface area contributed by atoms with Crippen molar-refractivity contribution in [1.82, 2.24) is 0 Å². The van der Waals surface area contributed by atoms with Crippen molar-refractivity contribution in [3.63, 3.8) is 0 Å². The van der Waals surface area contributed by atoms with E-state index in [0.717, 1.165) is 29.2 Å². The van der Waals surface area contributed by atoms with Crippen molar-refractivity contribution >= 4 is 0 Å². The lowest BCUT2D eigenvalue weighted by Gasteiger charge is -2.34. The molecule has 0 radical (unpaired) electrons. The number of benzene rings is 1. The van der Waals surface area contributed by atoms with Crippen LogP contribution in [-0.2, 0) is 0 Å². The third-order valence-electron chi connectivity index (χ3n) is 6.96. The molecule has 2 saturated carbocycles. The lowest BCUT2D eigenvalue weighted by Crippen LogP contribution is -2.20. The Bertz CT molecular complexity index is 536. The van der Waals surface area contributed by atoms with Gasteiger partial charge in [0.05, 0.1) is 11.6 Å². The van der Waals surface area contributed by atoms with E-state index in [1.165, 1.54) is 82.6 Å². The fourth-order valence-electron chi connectivity index (χ4n) is 5.28. The summed E-state index contributed by atoms with van der Waals surface area (Å²) in [6.07, 6.45) is 17.3. The monoisotopic (exact) mass is 337 g/mol. The normalized spacial score (nSPS) is 29.9. The van der Waals surface area contributed by atoms with Crippen molar-refractivity contribution in [2.45, 2.75) is 89.9 Å². The Morgan fingerprint density at radius 1 is 0.840 bits per heavy atom. The van der Waals surface area contributed by atoms with Gasteiger partial charge in [0.2, 0.25) is 0 Å². The molecular formula is C24H35N. The summed E-state index contributed by atoms with van der Waals surface area (Å²) in [6.45, 7) is 2.32. The topological polar surface area (TPSA) is 23.8 Å². The van der Waals surface area contributed by atoms with Crippen LogP contribution in [0.4, 0.5) is 0 Å². The van der Waals surface area contributed by atoms with Gasteiger partial charge in [-0.25, -0.2) is 0 Å². The molecule has 0 bridgehead atoms. The Balaban J connectivity index is 1.39. The third kappa shape index (κ3) is 5.34. The first kappa shape index (κ1) is 18.5. The van der Waals surface area contributed by atoms with Crippen molar-refractivity contribution < 1.29 is 0 Å². The third-order valence-corrected chi connectivity index (χ3v) is 6.96. The van der Waals surface area contributed by atoms with Crippen LogP contribution < -0.4 is 0 Å². The summed E-state index contributed by atoms with van der Waals surface area (Å²) in [5, 5.41) is 8.94. The SMILES string of the molecule is CCCCC1CCC(CC2CCC(c3ccc(C#N)cc3)CC2)CC1. The Morgan fingerprint density at radius 3 is 1.96 bits per heavy atom. The predicted molar refractivity (Wildman–Crippen MR) is 105 cm³/mol. The maximum Gasteiger partial charge on any atom is 0.0991 e. The lowest BCUT2D eigenvalue weighted by molar-refractivity contribution is 0.199. The van der Waals surface area contributed by atoms with Crippen LogP contribution in [0, 0.1) is 29.1 Å². The van der Waals surface area contributed by atoms with Crippen LogP contribution in [0.2, 0.25) is 0 Å². The first-order valence-corrected chi connectivity index (χ1v) is 10.8. The van der Waals surface area contributed by atoms with E-state index in [1.807, 2.05) is 12.1 Å². The summed E-state index contributed by atoms with van der Waals surface area (Å²) in [5.41, 5.74) is 2.24. The quantitative estimate of drug-likeness (QED) is 0.537. The smallest absolute Gasteiger partial charge is 0.0991 e. The van der Waals surface area contributed by atoms with Crippen molar-refractivity contribution in [2.75, 3.05) is 0 Å². The van der Waals surface area contributed by atoms with Crippen molar-refractivity contribution in [3.8, 4) is 6.07 Å². The number of hydrogen-bond acceptors (Lipinski definition) is 1. The van der Waals surface area contributed by atoms with Gasteiger partial charge in [-0.15, -0.1) is 0 Å². The molecule has 3 rings (SSSR count).